The van der Waals surface area contributed by atoms with E-state index in [0.29, 0.717) is 24.1 Å². The Bertz CT molecular complexity index is 1010. The molecule has 2 N–H and O–H groups in total. The van der Waals surface area contributed by atoms with E-state index in [1.165, 1.54) is 12.1 Å². The summed E-state index contributed by atoms with van der Waals surface area (Å²) in [7, 11) is 0. The van der Waals surface area contributed by atoms with E-state index in [1.54, 1.807) is 12.3 Å². The fourth-order valence-electron chi connectivity index (χ4n) is 3.61. The van der Waals surface area contributed by atoms with Crippen molar-refractivity contribution in [2.75, 3.05) is 25.0 Å². The highest BCUT2D eigenvalue weighted by molar-refractivity contribution is 6.28. The summed E-state index contributed by atoms with van der Waals surface area (Å²) in [6.45, 7) is 12.5. The van der Waals surface area contributed by atoms with E-state index < -0.39 is 0 Å². The van der Waals surface area contributed by atoms with Gasteiger partial charge in [-0.05, 0) is 54.8 Å². The standard InChI is InChI=1S/C24H30ClFN6/c1-4-6-12-32(17(3)22-23(27-5-2)31-24(25)30-22)13-8-11-20-16-28-21(29-20)15-18-9-7-10-19(26)14-18/h5,7,9-10,14,27H,2-4,6,8,11-13,15-16H2,1H3,(H,30,31). The number of aromatic amines is 1. The number of aliphatic imine (C=N–C) groups is 2. The van der Waals surface area contributed by atoms with Gasteiger partial charge in [0.05, 0.1) is 12.2 Å². The Morgan fingerprint density at radius 3 is 2.91 bits per heavy atom. The van der Waals surface area contributed by atoms with Crippen molar-refractivity contribution >= 4 is 34.7 Å². The van der Waals surface area contributed by atoms with Gasteiger partial charge in [0, 0.05) is 25.2 Å². The number of rotatable bonds is 13. The van der Waals surface area contributed by atoms with Gasteiger partial charge in [0.2, 0.25) is 5.28 Å². The Balaban J connectivity index is 1.57. The van der Waals surface area contributed by atoms with Crippen molar-refractivity contribution in [2.45, 2.75) is 39.0 Å². The van der Waals surface area contributed by atoms with Gasteiger partial charge in [-0.15, -0.1) is 0 Å². The van der Waals surface area contributed by atoms with E-state index in [0.717, 1.165) is 67.3 Å². The number of anilines is 1. The highest BCUT2D eigenvalue weighted by atomic mass is 35.5. The van der Waals surface area contributed by atoms with Gasteiger partial charge in [-0.1, -0.05) is 38.6 Å². The molecule has 1 aromatic heterocycles. The van der Waals surface area contributed by atoms with Crippen LogP contribution in [0.25, 0.3) is 5.70 Å². The lowest BCUT2D eigenvalue weighted by atomic mass is 10.1. The molecule has 0 atom stereocenters. The largest absolute Gasteiger partial charge is 0.370 e. The number of hydrogen-bond donors (Lipinski definition) is 2. The molecule has 0 spiro atoms. The molecule has 32 heavy (non-hydrogen) atoms. The molecule has 3 rings (SSSR count). The third-order valence-corrected chi connectivity index (χ3v) is 5.42. The second-order valence-electron chi connectivity index (χ2n) is 7.71. The number of aromatic nitrogens is 2. The van der Waals surface area contributed by atoms with E-state index in [1.807, 2.05) is 6.07 Å². The zero-order chi connectivity index (χ0) is 22.9. The molecule has 0 unspecified atom stereocenters. The molecule has 1 aliphatic rings. The number of unbranched alkanes of at least 4 members (excludes halogenated alkanes) is 1. The van der Waals surface area contributed by atoms with Gasteiger partial charge >= 0.3 is 0 Å². The van der Waals surface area contributed by atoms with Gasteiger partial charge in [0.25, 0.3) is 0 Å². The van der Waals surface area contributed by atoms with Crippen LogP contribution in [0.2, 0.25) is 5.28 Å². The molecule has 6 nitrogen and oxygen atoms in total. The van der Waals surface area contributed by atoms with Gasteiger partial charge in [-0.2, -0.15) is 4.98 Å². The molecule has 0 aliphatic carbocycles. The topological polar surface area (TPSA) is 68.7 Å². The van der Waals surface area contributed by atoms with E-state index >= 15 is 0 Å². The number of nitrogens with one attached hydrogen (secondary N) is 2. The molecule has 2 heterocycles. The molecule has 0 fully saturated rings. The summed E-state index contributed by atoms with van der Waals surface area (Å²) < 4.78 is 13.4. The van der Waals surface area contributed by atoms with Crippen LogP contribution in [0, 0.1) is 5.82 Å². The van der Waals surface area contributed by atoms with Gasteiger partial charge < -0.3 is 15.2 Å². The lowest BCUT2D eigenvalue weighted by Crippen LogP contribution is -2.25. The summed E-state index contributed by atoms with van der Waals surface area (Å²) in [6.07, 6.45) is 6.06. The predicted molar refractivity (Wildman–Crippen MR) is 132 cm³/mol. The molecule has 0 saturated carbocycles. The molecule has 1 aromatic carbocycles. The maximum atomic E-state index is 13.4. The summed E-state index contributed by atoms with van der Waals surface area (Å²) in [5, 5.41) is 3.32. The van der Waals surface area contributed by atoms with Gasteiger partial charge in [0.1, 0.15) is 17.3 Å². The molecular formula is C24H30ClFN6. The van der Waals surface area contributed by atoms with Crippen LogP contribution < -0.4 is 5.32 Å². The zero-order valence-electron chi connectivity index (χ0n) is 18.5. The average Bonchev–Trinajstić information content (AvgIpc) is 3.36. The summed E-state index contributed by atoms with van der Waals surface area (Å²) in [4.78, 5) is 18.8. The SMILES string of the molecule is C=CNc1nc(Cl)[nH]c1C(=C)N(CCCC)CCCC1=NC(Cc2cccc(F)c2)=NC1. The smallest absolute Gasteiger partial charge is 0.202 e. The van der Waals surface area contributed by atoms with Crippen LogP contribution in [0.1, 0.15) is 43.9 Å². The first kappa shape index (κ1) is 23.7. The maximum Gasteiger partial charge on any atom is 0.202 e. The molecule has 0 amide bonds. The highest BCUT2D eigenvalue weighted by Crippen LogP contribution is 2.26. The second-order valence-corrected chi connectivity index (χ2v) is 8.07. The van der Waals surface area contributed by atoms with Gasteiger partial charge in [-0.3, -0.25) is 4.99 Å². The Morgan fingerprint density at radius 1 is 1.34 bits per heavy atom. The van der Waals surface area contributed by atoms with E-state index in [4.69, 9.17) is 11.6 Å². The molecule has 0 radical (unpaired) electrons. The number of imidazole rings is 1. The molecule has 170 valence electrons. The number of amidine groups is 1. The predicted octanol–water partition coefficient (Wildman–Crippen LogP) is 5.71. The second kappa shape index (κ2) is 11.6. The van der Waals surface area contributed by atoms with Crippen LogP contribution in [0.3, 0.4) is 0 Å². The third-order valence-electron chi connectivity index (χ3n) is 5.24. The summed E-state index contributed by atoms with van der Waals surface area (Å²) >= 11 is 6.08. The first-order valence-electron chi connectivity index (χ1n) is 10.9. The lowest BCUT2D eigenvalue weighted by Gasteiger charge is -2.26. The van der Waals surface area contributed by atoms with E-state index in [2.05, 4.69) is 50.3 Å². The van der Waals surface area contributed by atoms with Crippen molar-refractivity contribution in [1.82, 2.24) is 14.9 Å². The minimum Gasteiger partial charge on any atom is -0.370 e. The zero-order valence-corrected chi connectivity index (χ0v) is 19.3. The Labute approximate surface area is 194 Å². The fourth-order valence-corrected chi connectivity index (χ4v) is 3.79. The minimum absolute atomic E-state index is 0.234. The molecule has 0 saturated heterocycles. The normalized spacial score (nSPS) is 13.0. The summed E-state index contributed by atoms with van der Waals surface area (Å²) in [5.41, 5.74) is 3.57. The maximum absolute atomic E-state index is 13.4. The summed E-state index contributed by atoms with van der Waals surface area (Å²) in [5.74, 6) is 1.15. The van der Waals surface area contributed by atoms with Crippen molar-refractivity contribution in [3.63, 3.8) is 0 Å². The first-order chi connectivity index (χ1) is 15.5. The average molecular weight is 457 g/mol. The van der Waals surface area contributed by atoms with Crippen LogP contribution in [0.5, 0.6) is 0 Å². The number of benzene rings is 1. The molecule has 8 heteroatoms. The lowest BCUT2D eigenvalue weighted by molar-refractivity contribution is 0.383. The van der Waals surface area contributed by atoms with Gasteiger partial charge in [-0.25, -0.2) is 9.38 Å². The molecular weight excluding hydrogens is 427 g/mol. The van der Waals surface area contributed by atoms with Crippen molar-refractivity contribution in [3.8, 4) is 0 Å². The van der Waals surface area contributed by atoms with Crippen molar-refractivity contribution in [1.29, 1.82) is 0 Å². The van der Waals surface area contributed by atoms with E-state index in [9.17, 15) is 4.39 Å². The first-order valence-corrected chi connectivity index (χ1v) is 11.3. The quantitative estimate of drug-likeness (QED) is 0.405. The van der Waals surface area contributed by atoms with Gasteiger partial charge in [0.15, 0.2) is 5.82 Å². The number of halogens is 2. The Morgan fingerprint density at radius 2 is 2.16 bits per heavy atom. The van der Waals surface area contributed by atoms with Crippen molar-refractivity contribution < 1.29 is 4.39 Å². The van der Waals surface area contributed by atoms with Crippen molar-refractivity contribution in [3.05, 3.63) is 66.0 Å². The van der Waals surface area contributed by atoms with Crippen LogP contribution in [-0.4, -0.2) is 46.0 Å². The van der Waals surface area contributed by atoms with Crippen molar-refractivity contribution in [2.24, 2.45) is 9.98 Å². The minimum atomic E-state index is -0.234. The van der Waals surface area contributed by atoms with Crippen LogP contribution in [0.4, 0.5) is 10.2 Å². The molecule has 2 aromatic rings. The van der Waals surface area contributed by atoms with Crippen LogP contribution in [-0.2, 0) is 6.42 Å². The molecule has 1 aliphatic heterocycles. The van der Waals surface area contributed by atoms with Crippen LogP contribution >= 0.6 is 11.6 Å². The number of nitrogens with zero attached hydrogens (tertiary/aromatic N) is 4. The highest BCUT2D eigenvalue weighted by Gasteiger charge is 2.18. The fraction of sp³-hybridized carbons (Fsp3) is 0.375. The summed E-state index contributed by atoms with van der Waals surface area (Å²) in [6, 6.07) is 6.59. The van der Waals surface area contributed by atoms with E-state index in [-0.39, 0.29) is 5.82 Å². The number of H-pyrrole nitrogens is 1. The van der Waals surface area contributed by atoms with Crippen LogP contribution in [0.15, 0.2) is 53.6 Å². The Hall–Kier alpha value is -2.93. The third kappa shape index (κ3) is 6.53. The molecule has 0 bridgehead atoms. The number of hydrogen-bond acceptors (Lipinski definition) is 5. The monoisotopic (exact) mass is 456 g/mol. The Kier molecular flexibility index (Phi) is 8.62.